The van der Waals surface area contributed by atoms with Gasteiger partial charge in [-0.3, -0.25) is 19.3 Å². The molecule has 29 heavy (non-hydrogen) atoms. The second kappa shape index (κ2) is 7.18. The average molecular weight is 459 g/mol. The van der Waals surface area contributed by atoms with Crippen LogP contribution in [0.1, 0.15) is 46.5 Å². The fourth-order valence-electron chi connectivity index (χ4n) is 3.45. The summed E-state index contributed by atoms with van der Waals surface area (Å²) in [6.07, 6.45) is 0.0145. The van der Waals surface area contributed by atoms with E-state index in [-0.39, 0.29) is 37.5 Å². The molecule has 2 aliphatic heterocycles. The predicted molar refractivity (Wildman–Crippen MR) is 108 cm³/mol. The number of fused-ring (bicyclic) bond motifs is 2. The minimum absolute atomic E-state index is 0.0145. The number of ether oxygens (including phenoxy) is 2. The molecule has 2 aromatic rings. The maximum absolute atomic E-state index is 12.5. The van der Waals surface area contributed by atoms with Crippen LogP contribution in [0, 0.1) is 0 Å². The molecule has 1 N–H and O–H groups in total. The van der Waals surface area contributed by atoms with E-state index >= 15 is 0 Å². The van der Waals surface area contributed by atoms with E-state index in [0.29, 0.717) is 22.6 Å². The van der Waals surface area contributed by atoms with Crippen LogP contribution in [-0.4, -0.2) is 36.0 Å². The second-order valence-electron chi connectivity index (χ2n) is 7.44. The van der Waals surface area contributed by atoms with Crippen molar-refractivity contribution in [3.8, 4) is 11.5 Å². The largest absolute Gasteiger partial charge is 0.454 e. The molecule has 0 aromatic heterocycles. The summed E-state index contributed by atoms with van der Waals surface area (Å²) in [5, 5.41) is 2.96. The van der Waals surface area contributed by atoms with Gasteiger partial charge in [0.25, 0.3) is 11.8 Å². The highest BCUT2D eigenvalue weighted by molar-refractivity contribution is 9.10. The van der Waals surface area contributed by atoms with Crippen molar-refractivity contribution in [3.63, 3.8) is 0 Å². The summed E-state index contributed by atoms with van der Waals surface area (Å²) in [6, 6.07) is 10.5. The number of nitrogens with zero attached hydrogens (tertiary/aromatic N) is 1. The van der Waals surface area contributed by atoms with Gasteiger partial charge in [-0.05, 0) is 49.7 Å². The van der Waals surface area contributed by atoms with Crippen molar-refractivity contribution in [2.75, 3.05) is 13.3 Å². The molecular formula is C21H19BrN2O5. The fraction of sp³-hybridized carbons (Fsp3) is 0.286. The van der Waals surface area contributed by atoms with Gasteiger partial charge in [0.2, 0.25) is 12.7 Å². The Hall–Kier alpha value is -2.87. The van der Waals surface area contributed by atoms with Gasteiger partial charge in [0.05, 0.1) is 16.7 Å². The molecule has 3 amide bonds. The number of hydrogen-bond acceptors (Lipinski definition) is 5. The quantitative estimate of drug-likeness (QED) is 0.695. The Kier molecular flexibility index (Phi) is 4.82. The van der Waals surface area contributed by atoms with Gasteiger partial charge in [-0.2, -0.15) is 0 Å². The van der Waals surface area contributed by atoms with Crippen molar-refractivity contribution in [2.45, 2.75) is 25.8 Å². The Balaban J connectivity index is 1.40. The van der Waals surface area contributed by atoms with Crippen molar-refractivity contribution >= 4 is 33.7 Å². The number of carbonyl (C=O) groups is 3. The van der Waals surface area contributed by atoms with Crippen molar-refractivity contribution in [3.05, 3.63) is 57.6 Å². The molecule has 2 aliphatic rings. The lowest BCUT2D eigenvalue weighted by molar-refractivity contribution is -0.122. The number of halogens is 1. The number of amides is 3. The first kappa shape index (κ1) is 19.4. The van der Waals surface area contributed by atoms with Crippen LogP contribution in [0.4, 0.5) is 0 Å². The van der Waals surface area contributed by atoms with Crippen LogP contribution < -0.4 is 14.8 Å². The van der Waals surface area contributed by atoms with E-state index in [1.807, 2.05) is 32.0 Å². The topological polar surface area (TPSA) is 84.9 Å². The van der Waals surface area contributed by atoms with E-state index in [0.717, 1.165) is 14.9 Å². The molecule has 0 unspecified atom stereocenters. The van der Waals surface area contributed by atoms with E-state index in [4.69, 9.17) is 9.47 Å². The third-order valence-electron chi connectivity index (χ3n) is 5.04. The second-order valence-corrected chi connectivity index (χ2v) is 8.36. The number of carbonyl (C=O) groups excluding carboxylic acids is 3. The molecule has 0 aliphatic carbocycles. The van der Waals surface area contributed by atoms with Crippen molar-refractivity contribution in [1.82, 2.24) is 10.2 Å². The molecule has 2 aromatic carbocycles. The highest BCUT2D eigenvalue weighted by Gasteiger charge is 2.36. The zero-order chi connectivity index (χ0) is 20.8. The third-order valence-corrected chi connectivity index (χ3v) is 5.53. The summed E-state index contributed by atoms with van der Waals surface area (Å²) in [5.74, 6) is 0.301. The predicted octanol–water partition coefficient (Wildman–Crippen LogP) is 3.22. The molecule has 7 nitrogen and oxygen atoms in total. The van der Waals surface area contributed by atoms with Crippen LogP contribution in [-0.2, 0) is 10.3 Å². The van der Waals surface area contributed by atoms with Gasteiger partial charge < -0.3 is 14.8 Å². The highest BCUT2D eigenvalue weighted by Crippen LogP contribution is 2.35. The van der Waals surface area contributed by atoms with Gasteiger partial charge in [-0.25, -0.2) is 0 Å². The minimum Gasteiger partial charge on any atom is -0.454 e. The van der Waals surface area contributed by atoms with E-state index in [9.17, 15) is 14.4 Å². The number of rotatable bonds is 5. The van der Waals surface area contributed by atoms with Crippen molar-refractivity contribution in [2.24, 2.45) is 0 Å². The van der Waals surface area contributed by atoms with Crippen molar-refractivity contribution in [1.29, 1.82) is 0 Å². The monoisotopic (exact) mass is 458 g/mol. The first-order valence-corrected chi connectivity index (χ1v) is 9.92. The zero-order valence-corrected chi connectivity index (χ0v) is 17.5. The molecule has 0 atom stereocenters. The number of nitrogens with one attached hydrogen (secondary N) is 1. The van der Waals surface area contributed by atoms with Crippen LogP contribution in [0.3, 0.4) is 0 Å². The number of imide groups is 1. The Labute approximate surface area is 176 Å². The Morgan fingerprint density at radius 2 is 1.79 bits per heavy atom. The van der Waals surface area contributed by atoms with Crippen LogP contribution in [0.2, 0.25) is 0 Å². The van der Waals surface area contributed by atoms with Gasteiger partial charge in [-0.15, -0.1) is 0 Å². The normalized spacial score (nSPS) is 14.9. The smallest absolute Gasteiger partial charge is 0.261 e. The lowest BCUT2D eigenvalue weighted by atomic mass is 9.93. The molecule has 0 spiro atoms. The summed E-state index contributed by atoms with van der Waals surface area (Å²) < 4.78 is 11.4. The molecular weight excluding hydrogens is 440 g/mol. The molecule has 8 heteroatoms. The summed E-state index contributed by atoms with van der Waals surface area (Å²) in [7, 11) is 0. The molecule has 0 bridgehead atoms. The molecule has 0 saturated carbocycles. The first-order chi connectivity index (χ1) is 13.8. The molecule has 4 rings (SSSR count). The molecule has 0 fully saturated rings. The highest BCUT2D eigenvalue weighted by atomic mass is 79.9. The summed E-state index contributed by atoms with van der Waals surface area (Å²) >= 11 is 3.31. The standard InChI is InChI=1S/C21H19BrN2O5/c1-21(2,12-3-6-16-17(9-12)29-11-28-16)23-18(25)7-8-24-19(26)14-5-4-13(22)10-15(14)20(24)27/h3-6,9-10H,7-8,11H2,1-2H3,(H,23,25). The third kappa shape index (κ3) is 3.60. The lowest BCUT2D eigenvalue weighted by Gasteiger charge is -2.27. The van der Waals surface area contributed by atoms with Gasteiger partial charge >= 0.3 is 0 Å². The summed E-state index contributed by atoms with van der Waals surface area (Å²) in [5.41, 5.74) is 0.913. The Morgan fingerprint density at radius 1 is 1.07 bits per heavy atom. The SMILES string of the molecule is CC(C)(NC(=O)CCN1C(=O)c2ccc(Br)cc2C1=O)c1ccc2c(c1)OCO2. The van der Waals surface area contributed by atoms with Crippen LogP contribution in [0.25, 0.3) is 0 Å². The zero-order valence-electron chi connectivity index (χ0n) is 16.0. The maximum Gasteiger partial charge on any atom is 0.261 e. The molecule has 2 heterocycles. The van der Waals surface area contributed by atoms with Gasteiger partial charge in [-0.1, -0.05) is 22.0 Å². The van der Waals surface area contributed by atoms with Gasteiger partial charge in [0, 0.05) is 17.4 Å². The lowest BCUT2D eigenvalue weighted by Crippen LogP contribution is -2.42. The van der Waals surface area contributed by atoms with Gasteiger partial charge in [0.1, 0.15) is 0 Å². The summed E-state index contributed by atoms with van der Waals surface area (Å²) in [4.78, 5) is 38.6. The van der Waals surface area contributed by atoms with E-state index < -0.39 is 5.54 Å². The Morgan fingerprint density at radius 3 is 2.59 bits per heavy atom. The fourth-order valence-corrected chi connectivity index (χ4v) is 3.81. The van der Waals surface area contributed by atoms with E-state index in [1.54, 1.807) is 18.2 Å². The average Bonchev–Trinajstić information content (AvgIpc) is 3.23. The number of benzene rings is 2. The van der Waals surface area contributed by atoms with E-state index in [2.05, 4.69) is 21.2 Å². The Bertz CT molecular complexity index is 1030. The molecule has 150 valence electrons. The summed E-state index contributed by atoms with van der Waals surface area (Å²) in [6.45, 7) is 3.96. The van der Waals surface area contributed by atoms with Crippen LogP contribution >= 0.6 is 15.9 Å². The van der Waals surface area contributed by atoms with E-state index in [1.165, 1.54) is 0 Å². The minimum atomic E-state index is -0.662. The molecule has 0 saturated heterocycles. The maximum atomic E-state index is 12.5. The van der Waals surface area contributed by atoms with Crippen LogP contribution in [0.15, 0.2) is 40.9 Å². The van der Waals surface area contributed by atoms with Crippen molar-refractivity contribution < 1.29 is 23.9 Å². The first-order valence-electron chi connectivity index (χ1n) is 9.13. The van der Waals surface area contributed by atoms with Crippen LogP contribution in [0.5, 0.6) is 11.5 Å². The van der Waals surface area contributed by atoms with Gasteiger partial charge in [0.15, 0.2) is 11.5 Å². The molecule has 0 radical (unpaired) electrons. The number of hydrogen-bond donors (Lipinski definition) is 1.